The molecule has 1 saturated heterocycles. The second kappa shape index (κ2) is 3.37. The molecule has 12 heavy (non-hydrogen) atoms. The number of rotatable bonds is 1. The summed E-state index contributed by atoms with van der Waals surface area (Å²) in [6.07, 6.45) is -0.817. The zero-order chi connectivity index (χ0) is 9.19. The minimum absolute atomic E-state index is 0.160. The SMILES string of the molecule is CC1(C)COC(C(=O)OF)CN1. The molecule has 1 rings (SSSR count). The van der Waals surface area contributed by atoms with Gasteiger partial charge >= 0.3 is 5.97 Å². The van der Waals surface area contributed by atoms with E-state index >= 15 is 0 Å². The number of hydrogen-bond donors (Lipinski definition) is 1. The van der Waals surface area contributed by atoms with Crippen molar-refractivity contribution < 1.29 is 19.0 Å². The molecule has 70 valence electrons. The van der Waals surface area contributed by atoms with Crippen LogP contribution in [0.4, 0.5) is 4.53 Å². The van der Waals surface area contributed by atoms with Gasteiger partial charge in [-0.15, -0.1) is 0 Å². The van der Waals surface area contributed by atoms with E-state index in [-0.39, 0.29) is 12.1 Å². The number of carbonyl (C=O) groups excluding carboxylic acids is 1. The first-order chi connectivity index (χ1) is 5.55. The van der Waals surface area contributed by atoms with Gasteiger partial charge in [0.25, 0.3) is 0 Å². The number of carbonyl (C=O) groups is 1. The van der Waals surface area contributed by atoms with Crippen LogP contribution in [0.2, 0.25) is 0 Å². The van der Waals surface area contributed by atoms with Crippen LogP contribution < -0.4 is 5.32 Å². The van der Waals surface area contributed by atoms with Gasteiger partial charge in [0.15, 0.2) is 6.10 Å². The molecule has 1 N–H and O–H groups in total. The summed E-state index contributed by atoms with van der Waals surface area (Å²) in [5, 5.41) is 3.03. The van der Waals surface area contributed by atoms with Gasteiger partial charge in [-0.05, 0) is 13.8 Å². The Morgan fingerprint density at radius 3 is 2.83 bits per heavy atom. The molecule has 0 aliphatic carbocycles. The maximum absolute atomic E-state index is 11.4. The first-order valence-electron chi connectivity index (χ1n) is 3.74. The maximum Gasteiger partial charge on any atom is 0.378 e. The predicted molar refractivity (Wildman–Crippen MR) is 39.0 cm³/mol. The molecule has 4 nitrogen and oxygen atoms in total. The van der Waals surface area contributed by atoms with E-state index in [1.165, 1.54) is 0 Å². The fraction of sp³-hybridized carbons (Fsp3) is 0.857. The topological polar surface area (TPSA) is 47.6 Å². The van der Waals surface area contributed by atoms with Gasteiger partial charge in [-0.1, -0.05) is 0 Å². The van der Waals surface area contributed by atoms with Crippen molar-refractivity contribution in [3.8, 4) is 0 Å². The molecule has 0 amide bonds. The van der Waals surface area contributed by atoms with Gasteiger partial charge in [0, 0.05) is 16.6 Å². The first-order valence-corrected chi connectivity index (χ1v) is 3.74. The van der Waals surface area contributed by atoms with Crippen LogP contribution in [-0.2, 0) is 14.5 Å². The van der Waals surface area contributed by atoms with Crippen LogP contribution in [0.15, 0.2) is 0 Å². The third kappa shape index (κ3) is 2.15. The van der Waals surface area contributed by atoms with Crippen molar-refractivity contribution in [3.63, 3.8) is 0 Å². The van der Waals surface area contributed by atoms with E-state index in [4.69, 9.17) is 4.74 Å². The standard InChI is InChI=1S/C7H12FNO3/c1-7(2)4-11-5(3-9-7)6(10)12-8/h5,9H,3-4H2,1-2H3. The summed E-state index contributed by atoms with van der Waals surface area (Å²) >= 11 is 0. The van der Waals surface area contributed by atoms with Crippen molar-refractivity contribution in [1.82, 2.24) is 5.32 Å². The van der Waals surface area contributed by atoms with Crippen LogP contribution in [0, 0.1) is 0 Å². The van der Waals surface area contributed by atoms with Crippen LogP contribution in [-0.4, -0.2) is 30.8 Å². The van der Waals surface area contributed by atoms with Gasteiger partial charge in [0.2, 0.25) is 0 Å². The molecule has 1 atom stereocenters. The molecule has 0 aromatic carbocycles. The maximum atomic E-state index is 11.4. The number of morpholine rings is 1. The van der Waals surface area contributed by atoms with Crippen molar-refractivity contribution in [2.45, 2.75) is 25.5 Å². The van der Waals surface area contributed by atoms with E-state index in [0.717, 1.165) is 0 Å². The highest BCUT2D eigenvalue weighted by Crippen LogP contribution is 2.11. The van der Waals surface area contributed by atoms with Gasteiger partial charge in [-0.25, -0.2) is 4.79 Å². The van der Waals surface area contributed by atoms with Crippen molar-refractivity contribution in [2.24, 2.45) is 0 Å². The Morgan fingerprint density at radius 1 is 1.75 bits per heavy atom. The molecular formula is C7H12FNO3. The summed E-state index contributed by atoms with van der Waals surface area (Å²) in [6.45, 7) is 4.52. The molecule has 0 bridgehead atoms. The van der Waals surface area contributed by atoms with Crippen LogP contribution in [0.25, 0.3) is 0 Å². The van der Waals surface area contributed by atoms with E-state index in [2.05, 4.69) is 10.3 Å². The zero-order valence-electron chi connectivity index (χ0n) is 7.09. The second-order valence-corrected chi connectivity index (χ2v) is 3.46. The molecule has 0 saturated carbocycles. The van der Waals surface area contributed by atoms with Crippen molar-refractivity contribution in [3.05, 3.63) is 0 Å². The molecular weight excluding hydrogens is 165 g/mol. The lowest BCUT2D eigenvalue weighted by Gasteiger charge is -2.34. The van der Waals surface area contributed by atoms with Gasteiger partial charge in [0.05, 0.1) is 6.61 Å². The Balaban J connectivity index is 2.41. The summed E-state index contributed by atoms with van der Waals surface area (Å²) in [7, 11) is 0. The van der Waals surface area contributed by atoms with Gasteiger partial charge in [-0.3, -0.25) is 4.94 Å². The minimum atomic E-state index is -0.974. The van der Waals surface area contributed by atoms with E-state index in [9.17, 15) is 9.32 Å². The summed E-state index contributed by atoms with van der Waals surface area (Å²) in [5.41, 5.74) is -0.160. The average molecular weight is 177 g/mol. The third-order valence-electron chi connectivity index (χ3n) is 1.75. The van der Waals surface area contributed by atoms with Crippen LogP contribution in [0.5, 0.6) is 0 Å². The smallest absolute Gasteiger partial charge is 0.363 e. The average Bonchev–Trinajstić information content (AvgIpc) is 2.03. The molecule has 5 heteroatoms. The lowest BCUT2D eigenvalue weighted by molar-refractivity contribution is -0.200. The number of ether oxygens (including phenoxy) is 1. The van der Waals surface area contributed by atoms with Crippen LogP contribution in [0.1, 0.15) is 13.8 Å². The van der Waals surface area contributed by atoms with E-state index < -0.39 is 12.1 Å². The molecule has 0 spiro atoms. The molecule has 1 unspecified atom stereocenters. The van der Waals surface area contributed by atoms with Gasteiger partial charge in [0.1, 0.15) is 0 Å². The largest absolute Gasteiger partial charge is 0.378 e. The molecule has 1 aliphatic rings. The number of hydrogen-bond acceptors (Lipinski definition) is 4. The Morgan fingerprint density at radius 2 is 2.42 bits per heavy atom. The van der Waals surface area contributed by atoms with Crippen molar-refractivity contribution >= 4 is 5.97 Å². The lowest BCUT2D eigenvalue weighted by atomic mass is 10.0. The highest BCUT2D eigenvalue weighted by molar-refractivity contribution is 5.74. The predicted octanol–water partition coefficient (Wildman–Crippen LogP) is 0.181. The molecule has 1 heterocycles. The second-order valence-electron chi connectivity index (χ2n) is 3.46. The minimum Gasteiger partial charge on any atom is -0.363 e. The van der Waals surface area contributed by atoms with Crippen LogP contribution >= 0.6 is 0 Å². The monoisotopic (exact) mass is 177 g/mol. The Kier molecular flexibility index (Phi) is 2.64. The van der Waals surface area contributed by atoms with Gasteiger partial charge < -0.3 is 10.1 Å². The molecule has 1 aliphatic heterocycles. The highest BCUT2D eigenvalue weighted by atomic mass is 19.3. The number of nitrogens with one attached hydrogen (secondary N) is 1. The molecule has 0 aromatic rings. The fourth-order valence-corrected chi connectivity index (χ4v) is 0.989. The van der Waals surface area contributed by atoms with Gasteiger partial charge in [-0.2, -0.15) is 0 Å². The highest BCUT2D eigenvalue weighted by Gasteiger charge is 2.32. The number of halogens is 1. The quantitative estimate of drug-likeness (QED) is 0.620. The molecule has 1 fully saturated rings. The van der Waals surface area contributed by atoms with Crippen molar-refractivity contribution in [1.29, 1.82) is 0 Å². The summed E-state index contributed by atoms with van der Waals surface area (Å²) in [5.74, 6) is -0.974. The van der Waals surface area contributed by atoms with E-state index in [0.29, 0.717) is 6.61 Å². The van der Waals surface area contributed by atoms with Crippen LogP contribution in [0.3, 0.4) is 0 Å². The summed E-state index contributed by atoms with van der Waals surface area (Å²) in [4.78, 5) is 13.7. The Hall–Kier alpha value is -0.680. The van der Waals surface area contributed by atoms with Crippen molar-refractivity contribution in [2.75, 3.05) is 13.2 Å². The lowest BCUT2D eigenvalue weighted by Crippen LogP contribution is -2.55. The fourth-order valence-electron chi connectivity index (χ4n) is 0.989. The third-order valence-corrected chi connectivity index (χ3v) is 1.75. The molecule has 0 radical (unpaired) electrons. The normalized spacial score (nSPS) is 28.1. The molecule has 0 aromatic heterocycles. The first kappa shape index (κ1) is 9.41. The summed E-state index contributed by atoms with van der Waals surface area (Å²) < 4.78 is 16.5. The van der Waals surface area contributed by atoms with E-state index in [1.54, 1.807) is 0 Å². The Bertz CT molecular complexity index is 173. The Labute approximate surface area is 69.9 Å². The van der Waals surface area contributed by atoms with E-state index in [1.807, 2.05) is 13.8 Å². The summed E-state index contributed by atoms with van der Waals surface area (Å²) in [6, 6.07) is 0. The zero-order valence-corrected chi connectivity index (χ0v) is 7.09.